The molecule has 2 aromatic carbocycles. The topological polar surface area (TPSA) is 44.0 Å². The molecule has 1 N–H and O–H groups in total. The lowest BCUT2D eigenvalue weighted by atomic mass is 10.2. The highest BCUT2D eigenvalue weighted by Crippen LogP contribution is 2.31. The highest BCUT2D eigenvalue weighted by Gasteiger charge is 2.03. The van der Waals surface area contributed by atoms with Gasteiger partial charge in [0.05, 0.1) is 5.56 Å². The summed E-state index contributed by atoms with van der Waals surface area (Å²) < 4.78 is 1.03. The minimum atomic E-state index is 0.0210. The summed E-state index contributed by atoms with van der Waals surface area (Å²) in [6, 6.07) is 14.9. The van der Waals surface area contributed by atoms with Crippen LogP contribution in [0.25, 0.3) is 0 Å². The van der Waals surface area contributed by atoms with Crippen molar-refractivity contribution < 1.29 is 5.11 Å². The number of benzene rings is 2. The molecule has 0 radical (unpaired) electrons. The number of halogens is 1. The first-order valence-electron chi connectivity index (χ1n) is 4.85. The molecule has 0 spiro atoms. The van der Waals surface area contributed by atoms with Gasteiger partial charge in [0.1, 0.15) is 11.8 Å². The van der Waals surface area contributed by atoms with E-state index >= 15 is 0 Å². The van der Waals surface area contributed by atoms with Crippen molar-refractivity contribution in [2.24, 2.45) is 0 Å². The summed E-state index contributed by atoms with van der Waals surface area (Å²) in [6.45, 7) is 0. The van der Waals surface area contributed by atoms with E-state index in [1.54, 1.807) is 30.0 Å². The molecular weight excluding hydrogens is 298 g/mol. The summed E-state index contributed by atoms with van der Waals surface area (Å²) in [6.07, 6.45) is 0. The van der Waals surface area contributed by atoms with Crippen LogP contribution in [0.3, 0.4) is 0 Å². The Morgan fingerprint density at radius 3 is 2.35 bits per heavy atom. The minimum Gasteiger partial charge on any atom is -0.507 e. The SMILES string of the molecule is N#Cc1cc(Sc2ccc(Br)cc2)ccc1O. The molecule has 4 heteroatoms. The van der Waals surface area contributed by atoms with Gasteiger partial charge < -0.3 is 5.11 Å². The van der Waals surface area contributed by atoms with Crippen LogP contribution >= 0.6 is 27.7 Å². The van der Waals surface area contributed by atoms with Crippen molar-refractivity contribution in [1.29, 1.82) is 5.26 Å². The zero-order valence-corrected chi connectivity index (χ0v) is 11.1. The van der Waals surface area contributed by atoms with Crippen LogP contribution in [0.15, 0.2) is 56.7 Å². The van der Waals surface area contributed by atoms with Gasteiger partial charge in [0.2, 0.25) is 0 Å². The van der Waals surface area contributed by atoms with Crippen LogP contribution in [-0.2, 0) is 0 Å². The van der Waals surface area contributed by atoms with Crippen molar-refractivity contribution in [2.45, 2.75) is 9.79 Å². The monoisotopic (exact) mass is 305 g/mol. The molecule has 2 nitrogen and oxygen atoms in total. The van der Waals surface area contributed by atoms with E-state index in [2.05, 4.69) is 15.9 Å². The Hall–Kier alpha value is -1.44. The number of phenolic OH excluding ortho intramolecular Hbond substituents is 1. The number of nitriles is 1. The average Bonchev–Trinajstić information content (AvgIpc) is 2.34. The maximum atomic E-state index is 9.40. The summed E-state index contributed by atoms with van der Waals surface area (Å²) >= 11 is 4.93. The van der Waals surface area contributed by atoms with Crippen molar-refractivity contribution in [3.8, 4) is 11.8 Å². The van der Waals surface area contributed by atoms with E-state index in [1.165, 1.54) is 0 Å². The summed E-state index contributed by atoms with van der Waals surface area (Å²) in [5, 5.41) is 18.2. The molecule has 0 aromatic heterocycles. The largest absolute Gasteiger partial charge is 0.507 e. The van der Waals surface area contributed by atoms with E-state index in [4.69, 9.17) is 5.26 Å². The summed E-state index contributed by atoms with van der Waals surface area (Å²) in [4.78, 5) is 2.02. The zero-order chi connectivity index (χ0) is 12.3. The Kier molecular flexibility index (Phi) is 3.72. The summed E-state index contributed by atoms with van der Waals surface area (Å²) in [7, 11) is 0. The number of nitrogens with zero attached hydrogens (tertiary/aromatic N) is 1. The predicted octanol–water partition coefficient (Wildman–Crippen LogP) is 4.18. The molecule has 0 bridgehead atoms. The van der Waals surface area contributed by atoms with E-state index in [9.17, 15) is 5.11 Å². The molecule has 0 fully saturated rings. The molecular formula is C13H8BrNOS. The standard InChI is InChI=1S/C13H8BrNOS/c14-10-1-3-11(4-2-10)17-12-5-6-13(16)9(7-12)8-15/h1-7,16H. The first-order valence-corrected chi connectivity index (χ1v) is 6.46. The molecule has 17 heavy (non-hydrogen) atoms. The zero-order valence-electron chi connectivity index (χ0n) is 8.72. The maximum absolute atomic E-state index is 9.40. The molecule has 0 aliphatic heterocycles. The lowest BCUT2D eigenvalue weighted by molar-refractivity contribution is 0.473. The second-order valence-corrected chi connectivity index (χ2v) is 5.41. The van der Waals surface area contributed by atoms with Crippen molar-refractivity contribution in [3.63, 3.8) is 0 Å². The minimum absolute atomic E-state index is 0.0210. The fourth-order valence-electron chi connectivity index (χ4n) is 1.31. The Morgan fingerprint density at radius 2 is 1.71 bits per heavy atom. The molecule has 0 saturated heterocycles. The van der Waals surface area contributed by atoms with Gasteiger partial charge in [-0.25, -0.2) is 0 Å². The van der Waals surface area contributed by atoms with E-state index in [1.807, 2.05) is 30.3 Å². The normalized spacial score (nSPS) is 9.88. The second-order valence-electron chi connectivity index (χ2n) is 3.35. The van der Waals surface area contributed by atoms with Crippen molar-refractivity contribution in [1.82, 2.24) is 0 Å². The highest BCUT2D eigenvalue weighted by molar-refractivity contribution is 9.10. The predicted molar refractivity (Wildman–Crippen MR) is 71.1 cm³/mol. The smallest absolute Gasteiger partial charge is 0.133 e. The van der Waals surface area contributed by atoms with Crippen LogP contribution in [0.5, 0.6) is 5.75 Å². The van der Waals surface area contributed by atoms with Gasteiger partial charge in [-0.05, 0) is 42.5 Å². The summed E-state index contributed by atoms with van der Waals surface area (Å²) in [5.74, 6) is 0.0210. The number of aromatic hydroxyl groups is 1. The van der Waals surface area contributed by atoms with Crippen LogP contribution in [0, 0.1) is 11.3 Å². The Bertz CT molecular complexity index is 575. The first kappa shape index (κ1) is 12.0. The first-order chi connectivity index (χ1) is 8.19. The van der Waals surface area contributed by atoms with Gasteiger partial charge in [0.25, 0.3) is 0 Å². The molecule has 0 aliphatic carbocycles. The van der Waals surface area contributed by atoms with Gasteiger partial charge in [-0.15, -0.1) is 0 Å². The third kappa shape index (κ3) is 3.02. The van der Waals surface area contributed by atoms with Crippen LogP contribution < -0.4 is 0 Å². The Labute approximate surface area is 112 Å². The molecule has 84 valence electrons. The van der Waals surface area contributed by atoms with Crippen molar-refractivity contribution in [3.05, 3.63) is 52.5 Å². The molecule has 0 saturated carbocycles. The van der Waals surface area contributed by atoms with E-state index in [0.717, 1.165) is 14.3 Å². The molecule has 0 aliphatic rings. The van der Waals surface area contributed by atoms with Gasteiger partial charge in [-0.1, -0.05) is 27.7 Å². The van der Waals surface area contributed by atoms with E-state index < -0.39 is 0 Å². The third-order valence-electron chi connectivity index (χ3n) is 2.14. The van der Waals surface area contributed by atoms with Gasteiger partial charge in [-0.2, -0.15) is 5.26 Å². The van der Waals surface area contributed by atoms with Crippen molar-refractivity contribution >= 4 is 27.7 Å². The fourth-order valence-corrected chi connectivity index (χ4v) is 2.43. The Balaban J connectivity index is 2.25. The van der Waals surface area contributed by atoms with E-state index in [0.29, 0.717) is 5.56 Å². The highest BCUT2D eigenvalue weighted by atomic mass is 79.9. The molecule has 0 atom stereocenters. The van der Waals surface area contributed by atoms with E-state index in [-0.39, 0.29) is 5.75 Å². The quantitative estimate of drug-likeness (QED) is 0.905. The number of phenols is 1. The van der Waals surface area contributed by atoms with Crippen LogP contribution in [0.1, 0.15) is 5.56 Å². The fraction of sp³-hybridized carbons (Fsp3) is 0. The average molecular weight is 306 g/mol. The van der Waals surface area contributed by atoms with Crippen LogP contribution in [0.2, 0.25) is 0 Å². The maximum Gasteiger partial charge on any atom is 0.133 e. The number of rotatable bonds is 2. The molecule has 0 unspecified atom stereocenters. The third-order valence-corrected chi connectivity index (χ3v) is 3.66. The van der Waals surface area contributed by atoms with Crippen LogP contribution in [-0.4, -0.2) is 5.11 Å². The van der Waals surface area contributed by atoms with Gasteiger partial charge >= 0.3 is 0 Å². The second kappa shape index (κ2) is 5.26. The lowest BCUT2D eigenvalue weighted by Crippen LogP contribution is -1.79. The number of hydrogen-bond donors (Lipinski definition) is 1. The van der Waals surface area contributed by atoms with Gasteiger partial charge in [0, 0.05) is 14.3 Å². The van der Waals surface area contributed by atoms with Gasteiger partial charge in [0.15, 0.2) is 0 Å². The molecule has 2 rings (SSSR count). The van der Waals surface area contributed by atoms with Crippen LogP contribution in [0.4, 0.5) is 0 Å². The van der Waals surface area contributed by atoms with Gasteiger partial charge in [-0.3, -0.25) is 0 Å². The molecule has 0 heterocycles. The van der Waals surface area contributed by atoms with Crippen molar-refractivity contribution in [2.75, 3.05) is 0 Å². The lowest BCUT2D eigenvalue weighted by Gasteiger charge is -2.03. The number of hydrogen-bond acceptors (Lipinski definition) is 3. The molecule has 2 aromatic rings. The summed E-state index contributed by atoms with van der Waals surface area (Å²) in [5.41, 5.74) is 0.298. The Morgan fingerprint density at radius 1 is 1.06 bits per heavy atom. The molecule has 0 amide bonds.